The van der Waals surface area contributed by atoms with Crippen LogP contribution in [0.5, 0.6) is 0 Å². The molecule has 1 aliphatic rings. The standard InChI is InChI=1S/C13H15N3/c14-9-13(6-7-13)16-12-5-8-15-11-4-2-1-3-10(11)12/h1-5,8H,6-7,9,14H2,(H,15,16). The van der Waals surface area contributed by atoms with E-state index in [1.807, 2.05) is 30.5 Å². The summed E-state index contributed by atoms with van der Waals surface area (Å²) in [5, 5.41) is 4.73. The average molecular weight is 213 g/mol. The highest BCUT2D eigenvalue weighted by molar-refractivity contribution is 5.91. The zero-order valence-corrected chi connectivity index (χ0v) is 9.11. The third kappa shape index (κ3) is 1.53. The summed E-state index contributed by atoms with van der Waals surface area (Å²) in [7, 11) is 0. The van der Waals surface area contributed by atoms with Gasteiger partial charge in [-0.25, -0.2) is 0 Å². The van der Waals surface area contributed by atoms with E-state index in [0.29, 0.717) is 6.54 Å². The van der Waals surface area contributed by atoms with Gasteiger partial charge in [-0.15, -0.1) is 0 Å². The molecule has 1 aromatic carbocycles. The van der Waals surface area contributed by atoms with Crippen LogP contribution in [0.2, 0.25) is 0 Å². The summed E-state index contributed by atoms with van der Waals surface area (Å²) in [6.45, 7) is 0.698. The number of fused-ring (bicyclic) bond motifs is 1. The van der Waals surface area contributed by atoms with E-state index in [9.17, 15) is 0 Å². The number of nitrogens with zero attached hydrogens (tertiary/aromatic N) is 1. The van der Waals surface area contributed by atoms with Crippen molar-refractivity contribution in [2.45, 2.75) is 18.4 Å². The Kier molecular flexibility index (Phi) is 2.07. The highest BCUT2D eigenvalue weighted by Gasteiger charge is 2.41. The molecule has 16 heavy (non-hydrogen) atoms. The van der Waals surface area contributed by atoms with E-state index < -0.39 is 0 Å². The van der Waals surface area contributed by atoms with Crippen LogP contribution < -0.4 is 11.1 Å². The van der Waals surface area contributed by atoms with Crippen LogP contribution in [0, 0.1) is 0 Å². The zero-order chi connectivity index (χ0) is 11.0. The Morgan fingerprint density at radius 3 is 2.81 bits per heavy atom. The highest BCUT2D eigenvalue weighted by Crippen LogP contribution is 2.39. The van der Waals surface area contributed by atoms with Crippen LogP contribution in [0.4, 0.5) is 5.69 Å². The van der Waals surface area contributed by atoms with Crippen molar-refractivity contribution in [2.75, 3.05) is 11.9 Å². The largest absolute Gasteiger partial charge is 0.378 e. The minimum absolute atomic E-state index is 0.143. The molecule has 1 fully saturated rings. The third-order valence-electron chi connectivity index (χ3n) is 3.29. The minimum Gasteiger partial charge on any atom is -0.378 e. The maximum absolute atomic E-state index is 5.78. The molecule has 82 valence electrons. The Morgan fingerprint density at radius 1 is 1.25 bits per heavy atom. The summed E-state index contributed by atoms with van der Waals surface area (Å²) in [4.78, 5) is 4.35. The number of rotatable bonds is 3. The number of anilines is 1. The first-order valence-corrected chi connectivity index (χ1v) is 5.65. The number of aromatic nitrogens is 1. The molecule has 0 atom stereocenters. The lowest BCUT2D eigenvalue weighted by molar-refractivity contribution is 0.743. The van der Waals surface area contributed by atoms with Gasteiger partial charge in [0.15, 0.2) is 0 Å². The minimum atomic E-state index is 0.143. The fraction of sp³-hybridized carbons (Fsp3) is 0.308. The van der Waals surface area contributed by atoms with E-state index in [4.69, 9.17) is 5.73 Å². The van der Waals surface area contributed by atoms with Gasteiger partial charge in [0.05, 0.1) is 5.52 Å². The smallest absolute Gasteiger partial charge is 0.0722 e. The predicted octanol–water partition coefficient (Wildman–Crippen LogP) is 2.14. The average Bonchev–Trinajstić information content (AvgIpc) is 3.10. The number of nitrogens with one attached hydrogen (secondary N) is 1. The fourth-order valence-corrected chi connectivity index (χ4v) is 2.02. The van der Waals surface area contributed by atoms with Gasteiger partial charge in [0.1, 0.15) is 0 Å². The van der Waals surface area contributed by atoms with Crippen LogP contribution in [0.3, 0.4) is 0 Å². The van der Waals surface area contributed by atoms with Crippen molar-refractivity contribution in [3.05, 3.63) is 36.5 Å². The summed E-state index contributed by atoms with van der Waals surface area (Å²) >= 11 is 0. The molecule has 0 spiro atoms. The lowest BCUT2D eigenvalue weighted by Gasteiger charge is -2.17. The number of pyridine rings is 1. The quantitative estimate of drug-likeness (QED) is 0.821. The van der Waals surface area contributed by atoms with E-state index in [-0.39, 0.29) is 5.54 Å². The van der Waals surface area contributed by atoms with Crippen LogP contribution >= 0.6 is 0 Å². The van der Waals surface area contributed by atoms with Gasteiger partial charge in [0.25, 0.3) is 0 Å². The van der Waals surface area contributed by atoms with Crippen LogP contribution in [0.25, 0.3) is 10.9 Å². The molecule has 0 saturated heterocycles. The monoisotopic (exact) mass is 213 g/mol. The Balaban J connectivity index is 2.03. The third-order valence-corrected chi connectivity index (χ3v) is 3.29. The van der Waals surface area contributed by atoms with Gasteiger partial charge in [-0.2, -0.15) is 0 Å². The molecule has 1 saturated carbocycles. The number of benzene rings is 1. The zero-order valence-electron chi connectivity index (χ0n) is 9.11. The maximum atomic E-state index is 5.78. The summed E-state index contributed by atoms with van der Waals surface area (Å²) in [6, 6.07) is 10.2. The molecule has 1 aromatic heterocycles. The van der Waals surface area contributed by atoms with Crippen LogP contribution in [0.1, 0.15) is 12.8 Å². The van der Waals surface area contributed by atoms with E-state index in [1.165, 1.54) is 18.2 Å². The summed E-state index contributed by atoms with van der Waals surface area (Å²) in [5.41, 5.74) is 8.10. The lowest BCUT2D eigenvalue weighted by Crippen LogP contribution is -2.30. The van der Waals surface area contributed by atoms with E-state index in [0.717, 1.165) is 11.2 Å². The van der Waals surface area contributed by atoms with Crippen molar-refractivity contribution in [1.82, 2.24) is 4.98 Å². The van der Waals surface area contributed by atoms with E-state index >= 15 is 0 Å². The first kappa shape index (κ1) is 9.60. The van der Waals surface area contributed by atoms with Crippen molar-refractivity contribution < 1.29 is 0 Å². The van der Waals surface area contributed by atoms with E-state index in [1.54, 1.807) is 0 Å². The predicted molar refractivity (Wildman–Crippen MR) is 66.4 cm³/mol. The molecule has 3 rings (SSSR count). The Labute approximate surface area is 94.7 Å². The van der Waals surface area contributed by atoms with Crippen LogP contribution in [0.15, 0.2) is 36.5 Å². The molecule has 0 bridgehead atoms. The van der Waals surface area contributed by atoms with Crippen molar-refractivity contribution in [3.63, 3.8) is 0 Å². The SMILES string of the molecule is NCC1(Nc2ccnc3ccccc23)CC1. The summed E-state index contributed by atoms with van der Waals surface area (Å²) in [5.74, 6) is 0. The second kappa shape index (κ2) is 3.46. The van der Waals surface area contributed by atoms with Crippen molar-refractivity contribution in [1.29, 1.82) is 0 Å². The van der Waals surface area contributed by atoms with Gasteiger partial charge in [-0.1, -0.05) is 18.2 Å². The Hall–Kier alpha value is -1.61. The molecule has 3 nitrogen and oxygen atoms in total. The Bertz CT molecular complexity index is 512. The topological polar surface area (TPSA) is 50.9 Å². The molecule has 3 N–H and O–H groups in total. The number of nitrogens with two attached hydrogens (primary N) is 1. The summed E-state index contributed by atoms with van der Waals surface area (Å²) < 4.78 is 0. The van der Waals surface area contributed by atoms with Gasteiger partial charge in [-0.05, 0) is 25.0 Å². The normalized spacial score (nSPS) is 17.3. The van der Waals surface area contributed by atoms with Crippen molar-refractivity contribution in [3.8, 4) is 0 Å². The molecule has 1 heterocycles. The second-order valence-electron chi connectivity index (χ2n) is 4.49. The first-order valence-electron chi connectivity index (χ1n) is 5.65. The van der Waals surface area contributed by atoms with Gasteiger partial charge in [0.2, 0.25) is 0 Å². The molecule has 2 aromatic rings. The first-order chi connectivity index (χ1) is 7.83. The second-order valence-corrected chi connectivity index (χ2v) is 4.49. The molecule has 0 aliphatic heterocycles. The number of hydrogen-bond acceptors (Lipinski definition) is 3. The molecular weight excluding hydrogens is 198 g/mol. The van der Waals surface area contributed by atoms with Gasteiger partial charge in [-0.3, -0.25) is 4.98 Å². The molecule has 0 unspecified atom stereocenters. The number of hydrogen-bond donors (Lipinski definition) is 2. The van der Waals surface area contributed by atoms with Gasteiger partial charge >= 0.3 is 0 Å². The van der Waals surface area contributed by atoms with Gasteiger partial charge in [0, 0.05) is 29.4 Å². The molecule has 0 radical (unpaired) electrons. The highest BCUT2D eigenvalue weighted by atomic mass is 15.0. The molecule has 1 aliphatic carbocycles. The van der Waals surface area contributed by atoms with Crippen molar-refractivity contribution in [2.24, 2.45) is 5.73 Å². The Morgan fingerprint density at radius 2 is 2.06 bits per heavy atom. The lowest BCUT2D eigenvalue weighted by atomic mass is 10.1. The maximum Gasteiger partial charge on any atom is 0.0722 e. The van der Waals surface area contributed by atoms with Crippen LogP contribution in [-0.2, 0) is 0 Å². The van der Waals surface area contributed by atoms with Crippen LogP contribution in [-0.4, -0.2) is 17.1 Å². The molecule has 3 heteroatoms. The fourth-order valence-electron chi connectivity index (χ4n) is 2.02. The van der Waals surface area contributed by atoms with E-state index in [2.05, 4.69) is 16.4 Å². The van der Waals surface area contributed by atoms with Crippen molar-refractivity contribution >= 4 is 16.6 Å². The van der Waals surface area contributed by atoms with Gasteiger partial charge < -0.3 is 11.1 Å². The number of para-hydroxylation sites is 1. The molecular formula is C13H15N3. The molecule has 0 amide bonds. The summed E-state index contributed by atoms with van der Waals surface area (Å²) in [6.07, 6.45) is 4.18.